The highest BCUT2D eigenvalue weighted by molar-refractivity contribution is 6.33. The fourth-order valence-electron chi connectivity index (χ4n) is 5.17. The summed E-state index contributed by atoms with van der Waals surface area (Å²) < 4.78 is 21.3. The van der Waals surface area contributed by atoms with E-state index in [1.807, 2.05) is 9.80 Å². The SMILES string of the molecule is COc1ccc(OC)c(C(=O)N2CCC3(CCN(C(=O)C=Cc4ccc(OC)c(OC)c4Cl)C3)CC2)c1. The van der Waals surface area contributed by atoms with Gasteiger partial charge in [-0.3, -0.25) is 9.59 Å². The zero-order valence-electron chi connectivity index (χ0n) is 21.7. The second kappa shape index (κ2) is 11.3. The predicted octanol–water partition coefficient (Wildman–Crippen LogP) is 4.54. The molecular formula is C28H33ClN2O6. The van der Waals surface area contributed by atoms with E-state index >= 15 is 0 Å². The minimum absolute atomic E-state index is 0.0275. The van der Waals surface area contributed by atoms with Crippen LogP contribution >= 0.6 is 11.6 Å². The minimum Gasteiger partial charge on any atom is -0.497 e. The molecule has 2 aromatic rings. The van der Waals surface area contributed by atoms with Crippen LogP contribution in [0, 0.1) is 5.41 Å². The number of piperidine rings is 1. The van der Waals surface area contributed by atoms with E-state index in [1.165, 1.54) is 7.11 Å². The summed E-state index contributed by atoms with van der Waals surface area (Å²) in [4.78, 5) is 30.0. The maximum atomic E-state index is 13.2. The Morgan fingerprint density at radius 3 is 2.14 bits per heavy atom. The third-order valence-corrected chi connectivity index (χ3v) is 7.81. The van der Waals surface area contributed by atoms with Gasteiger partial charge in [0.1, 0.15) is 11.5 Å². The van der Waals surface area contributed by atoms with E-state index < -0.39 is 0 Å². The first-order valence-electron chi connectivity index (χ1n) is 12.2. The smallest absolute Gasteiger partial charge is 0.257 e. The highest BCUT2D eigenvalue weighted by Gasteiger charge is 2.42. The third-order valence-electron chi connectivity index (χ3n) is 7.42. The number of carbonyl (C=O) groups is 2. The first-order chi connectivity index (χ1) is 17.8. The quantitative estimate of drug-likeness (QED) is 0.491. The molecule has 2 fully saturated rings. The Hall–Kier alpha value is -3.39. The summed E-state index contributed by atoms with van der Waals surface area (Å²) in [6, 6.07) is 8.80. The topological polar surface area (TPSA) is 77.5 Å². The Balaban J connectivity index is 1.37. The number of ether oxygens (including phenoxy) is 4. The summed E-state index contributed by atoms with van der Waals surface area (Å²) in [7, 11) is 6.21. The van der Waals surface area contributed by atoms with Gasteiger partial charge in [0.05, 0.1) is 39.0 Å². The van der Waals surface area contributed by atoms with E-state index in [2.05, 4.69) is 0 Å². The number of carbonyl (C=O) groups excluding carboxylic acids is 2. The van der Waals surface area contributed by atoms with E-state index in [9.17, 15) is 9.59 Å². The second-order valence-corrected chi connectivity index (χ2v) is 9.78. The van der Waals surface area contributed by atoms with Crippen molar-refractivity contribution in [1.82, 2.24) is 9.80 Å². The average molecular weight is 529 g/mol. The predicted molar refractivity (Wildman–Crippen MR) is 142 cm³/mol. The molecule has 0 aromatic heterocycles. The summed E-state index contributed by atoms with van der Waals surface area (Å²) in [5.41, 5.74) is 1.21. The minimum atomic E-state index is -0.0636. The molecule has 2 aliphatic heterocycles. The number of benzene rings is 2. The van der Waals surface area contributed by atoms with Crippen molar-refractivity contribution >= 4 is 29.5 Å². The van der Waals surface area contributed by atoms with Gasteiger partial charge in [0.2, 0.25) is 5.91 Å². The number of likely N-dealkylation sites (tertiary alicyclic amines) is 2. The molecule has 2 saturated heterocycles. The van der Waals surface area contributed by atoms with Crippen LogP contribution in [0.5, 0.6) is 23.0 Å². The van der Waals surface area contributed by atoms with E-state index in [0.717, 1.165) is 19.3 Å². The Labute approximate surface area is 222 Å². The molecule has 198 valence electrons. The van der Waals surface area contributed by atoms with Crippen LogP contribution in [0.2, 0.25) is 5.02 Å². The van der Waals surface area contributed by atoms with Crippen molar-refractivity contribution in [2.24, 2.45) is 5.41 Å². The van der Waals surface area contributed by atoms with Crippen molar-refractivity contribution in [1.29, 1.82) is 0 Å². The van der Waals surface area contributed by atoms with Crippen LogP contribution in [-0.2, 0) is 4.79 Å². The molecule has 0 saturated carbocycles. The van der Waals surface area contributed by atoms with Crippen molar-refractivity contribution in [3.05, 3.63) is 52.6 Å². The Kier molecular flexibility index (Phi) is 8.17. The molecule has 0 aliphatic carbocycles. The zero-order valence-corrected chi connectivity index (χ0v) is 22.5. The highest BCUT2D eigenvalue weighted by atomic mass is 35.5. The van der Waals surface area contributed by atoms with Gasteiger partial charge in [-0.05, 0) is 66.6 Å². The Morgan fingerprint density at radius 1 is 0.865 bits per heavy atom. The fraction of sp³-hybridized carbons (Fsp3) is 0.429. The Bertz CT molecular complexity index is 1190. The normalized spacial score (nSPS) is 16.8. The summed E-state index contributed by atoms with van der Waals surface area (Å²) in [6.07, 6.45) is 5.88. The summed E-state index contributed by atoms with van der Waals surface area (Å²) in [5, 5.41) is 0.397. The molecule has 0 atom stereocenters. The first kappa shape index (κ1) is 26.7. The molecule has 2 heterocycles. The maximum absolute atomic E-state index is 13.2. The summed E-state index contributed by atoms with van der Waals surface area (Å²) >= 11 is 6.44. The first-order valence-corrected chi connectivity index (χ1v) is 12.6. The summed E-state index contributed by atoms with van der Waals surface area (Å²) in [5.74, 6) is 2.00. The lowest BCUT2D eigenvalue weighted by atomic mass is 9.77. The number of rotatable bonds is 7. The lowest BCUT2D eigenvalue weighted by Gasteiger charge is -2.39. The molecular weight excluding hydrogens is 496 g/mol. The molecule has 9 heteroatoms. The number of halogens is 1. The molecule has 2 amide bonds. The summed E-state index contributed by atoms with van der Waals surface area (Å²) in [6.45, 7) is 2.65. The van der Waals surface area contributed by atoms with E-state index in [4.69, 9.17) is 30.5 Å². The number of amides is 2. The van der Waals surface area contributed by atoms with Gasteiger partial charge in [0.25, 0.3) is 5.91 Å². The van der Waals surface area contributed by atoms with E-state index in [-0.39, 0.29) is 17.2 Å². The average Bonchev–Trinajstić information content (AvgIpc) is 3.35. The number of nitrogens with zero attached hydrogens (tertiary/aromatic N) is 2. The molecule has 37 heavy (non-hydrogen) atoms. The maximum Gasteiger partial charge on any atom is 0.257 e. The number of hydrogen-bond donors (Lipinski definition) is 0. The monoisotopic (exact) mass is 528 g/mol. The molecule has 0 radical (unpaired) electrons. The largest absolute Gasteiger partial charge is 0.497 e. The van der Waals surface area contributed by atoms with Gasteiger partial charge >= 0.3 is 0 Å². The molecule has 4 rings (SSSR count). The van der Waals surface area contributed by atoms with Crippen LogP contribution in [0.3, 0.4) is 0 Å². The zero-order chi connectivity index (χ0) is 26.6. The molecule has 2 aliphatic rings. The van der Waals surface area contributed by atoms with Crippen molar-refractivity contribution in [3.8, 4) is 23.0 Å². The number of methoxy groups -OCH3 is 4. The third kappa shape index (κ3) is 5.49. The molecule has 8 nitrogen and oxygen atoms in total. The van der Waals surface area contributed by atoms with Crippen LogP contribution in [-0.4, -0.2) is 76.2 Å². The molecule has 0 unspecified atom stereocenters. The lowest BCUT2D eigenvalue weighted by molar-refractivity contribution is -0.125. The van der Waals surface area contributed by atoms with Gasteiger partial charge in [-0.15, -0.1) is 0 Å². The van der Waals surface area contributed by atoms with Crippen molar-refractivity contribution < 1.29 is 28.5 Å². The number of hydrogen-bond acceptors (Lipinski definition) is 6. The van der Waals surface area contributed by atoms with Gasteiger partial charge in [-0.2, -0.15) is 0 Å². The molecule has 2 aromatic carbocycles. The molecule has 0 bridgehead atoms. The van der Waals surface area contributed by atoms with E-state index in [0.29, 0.717) is 65.3 Å². The van der Waals surface area contributed by atoms with Crippen LogP contribution < -0.4 is 18.9 Å². The van der Waals surface area contributed by atoms with Gasteiger partial charge in [-0.25, -0.2) is 0 Å². The Morgan fingerprint density at radius 2 is 1.51 bits per heavy atom. The van der Waals surface area contributed by atoms with Crippen LogP contribution in [0.1, 0.15) is 35.2 Å². The van der Waals surface area contributed by atoms with Gasteiger partial charge in [0.15, 0.2) is 11.5 Å². The second-order valence-electron chi connectivity index (χ2n) is 9.41. The van der Waals surface area contributed by atoms with E-state index in [1.54, 1.807) is 63.8 Å². The standard InChI is InChI=1S/C28H33ClN2O6/c1-34-20-7-9-22(35-2)21(17-20)27(33)30-14-11-28(12-15-30)13-16-31(18-28)24(32)10-6-19-5-8-23(36-3)26(37-4)25(19)29/h5-10,17H,11-16,18H2,1-4H3. The lowest BCUT2D eigenvalue weighted by Crippen LogP contribution is -2.44. The molecule has 1 spiro atoms. The highest BCUT2D eigenvalue weighted by Crippen LogP contribution is 2.41. The van der Waals surface area contributed by atoms with Crippen LogP contribution in [0.15, 0.2) is 36.4 Å². The van der Waals surface area contributed by atoms with Gasteiger partial charge in [-0.1, -0.05) is 11.6 Å². The van der Waals surface area contributed by atoms with Crippen LogP contribution in [0.4, 0.5) is 0 Å². The molecule has 0 N–H and O–H groups in total. The van der Waals surface area contributed by atoms with Crippen LogP contribution in [0.25, 0.3) is 6.08 Å². The van der Waals surface area contributed by atoms with Crippen molar-refractivity contribution in [2.45, 2.75) is 19.3 Å². The fourth-order valence-corrected chi connectivity index (χ4v) is 5.46. The van der Waals surface area contributed by atoms with Gasteiger partial charge in [0, 0.05) is 32.3 Å². The van der Waals surface area contributed by atoms with Crippen molar-refractivity contribution in [3.63, 3.8) is 0 Å². The van der Waals surface area contributed by atoms with Gasteiger partial charge < -0.3 is 28.7 Å². The van der Waals surface area contributed by atoms with Crippen molar-refractivity contribution in [2.75, 3.05) is 54.6 Å².